The third kappa shape index (κ3) is 5.83. The standard InChI is InChI=1S/C6H14N/c1-5(2)7-6(3)4/h5-7H,1H2,2-4H3/q+1. The highest BCUT2D eigenvalue weighted by Gasteiger charge is 1.98. The first-order valence-electron chi connectivity index (χ1n) is 2.72. The van der Waals surface area contributed by atoms with Crippen LogP contribution in [0.4, 0.5) is 0 Å². The Morgan fingerprint density at radius 1 is 1.29 bits per heavy atom. The second-order valence-corrected chi connectivity index (χ2v) is 2.22. The molecule has 7 heavy (non-hydrogen) atoms. The van der Waals surface area contributed by atoms with Crippen molar-refractivity contribution >= 4 is 0 Å². The molecule has 0 saturated carbocycles. The Balaban J connectivity index is 2.95. The van der Waals surface area contributed by atoms with E-state index in [4.69, 9.17) is 0 Å². The average Bonchev–Trinajstić information content (AvgIpc) is 1.27. The molecule has 42 valence electrons. The highest BCUT2D eigenvalue weighted by molar-refractivity contribution is 4.63. The summed E-state index contributed by atoms with van der Waals surface area (Å²) >= 11 is 0. The summed E-state index contributed by atoms with van der Waals surface area (Å²) in [5.74, 6) is 0. The summed E-state index contributed by atoms with van der Waals surface area (Å²) in [5, 5.41) is 3.19. The maximum Gasteiger partial charge on any atom is 0.143 e. The number of rotatable bonds is 2. The van der Waals surface area contributed by atoms with Gasteiger partial charge in [-0.05, 0) is 20.8 Å². The van der Waals surface area contributed by atoms with Crippen LogP contribution in [0.1, 0.15) is 20.8 Å². The second kappa shape index (κ2) is 2.92. The second-order valence-electron chi connectivity index (χ2n) is 2.22. The molecule has 1 atom stereocenters. The van der Waals surface area contributed by atoms with E-state index in [1.807, 2.05) is 6.92 Å². The predicted molar refractivity (Wildman–Crippen MR) is 33.1 cm³/mol. The van der Waals surface area contributed by atoms with Crippen molar-refractivity contribution in [2.24, 2.45) is 0 Å². The van der Waals surface area contributed by atoms with Gasteiger partial charge in [0.15, 0.2) is 0 Å². The van der Waals surface area contributed by atoms with E-state index in [0.29, 0.717) is 12.1 Å². The zero-order valence-corrected chi connectivity index (χ0v) is 5.36. The normalized spacial score (nSPS) is 14.9. The van der Waals surface area contributed by atoms with Crippen molar-refractivity contribution in [2.75, 3.05) is 0 Å². The Morgan fingerprint density at radius 3 is 1.71 bits per heavy atom. The molecule has 0 radical (unpaired) electrons. The Bertz CT molecular complexity index is 33.4. The third-order valence-electron chi connectivity index (χ3n) is 0.618. The molecule has 1 nitrogen and oxygen atoms in total. The topological polar surface area (TPSA) is 12.0 Å². The molecule has 0 aliphatic carbocycles. The first-order chi connectivity index (χ1) is 3.13. The van der Waals surface area contributed by atoms with Crippen molar-refractivity contribution in [1.82, 2.24) is 5.32 Å². The zero-order chi connectivity index (χ0) is 5.86. The lowest BCUT2D eigenvalue weighted by Crippen LogP contribution is -2.29. The van der Waals surface area contributed by atoms with Crippen LogP contribution < -0.4 is 5.32 Å². The summed E-state index contributed by atoms with van der Waals surface area (Å²) in [6, 6.07) is 0.937. The van der Waals surface area contributed by atoms with Gasteiger partial charge >= 0.3 is 0 Å². The van der Waals surface area contributed by atoms with E-state index >= 15 is 0 Å². The molecule has 1 heteroatoms. The van der Waals surface area contributed by atoms with Gasteiger partial charge in [-0.15, -0.1) is 0 Å². The molecule has 0 rings (SSSR count). The molecule has 0 aromatic rings. The van der Waals surface area contributed by atoms with Crippen LogP contribution in [0.2, 0.25) is 0 Å². The first kappa shape index (κ1) is 6.83. The highest BCUT2D eigenvalue weighted by Crippen LogP contribution is 1.80. The van der Waals surface area contributed by atoms with Gasteiger partial charge in [0, 0.05) is 6.04 Å². The number of nitrogens with one attached hydrogen (secondary N) is 1. The van der Waals surface area contributed by atoms with Gasteiger partial charge in [0.05, 0.1) is 6.92 Å². The molecule has 0 bridgehead atoms. The molecule has 0 aliphatic rings. The smallest absolute Gasteiger partial charge is 0.143 e. The fourth-order valence-electron chi connectivity index (χ4n) is 0.569. The molecule has 0 amide bonds. The van der Waals surface area contributed by atoms with E-state index in [-0.39, 0.29) is 0 Å². The Morgan fingerprint density at radius 2 is 1.71 bits per heavy atom. The van der Waals surface area contributed by atoms with Crippen LogP contribution in [0, 0.1) is 6.92 Å². The Hall–Kier alpha value is -0.170. The van der Waals surface area contributed by atoms with Crippen LogP contribution in [-0.4, -0.2) is 12.1 Å². The lowest BCUT2D eigenvalue weighted by molar-refractivity contribution is 0.547. The summed E-state index contributed by atoms with van der Waals surface area (Å²) in [6.07, 6.45) is 0. The number of hydrogen-bond acceptors (Lipinski definition) is 1. The van der Waals surface area contributed by atoms with Gasteiger partial charge in [-0.2, -0.15) is 0 Å². The van der Waals surface area contributed by atoms with E-state index in [1.54, 1.807) is 0 Å². The van der Waals surface area contributed by atoms with Gasteiger partial charge in [0.1, 0.15) is 6.04 Å². The van der Waals surface area contributed by atoms with Crippen LogP contribution in [0.3, 0.4) is 0 Å². The zero-order valence-electron chi connectivity index (χ0n) is 5.36. The van der Waals surface area contributed by atoms with Crippen LogP contribution in [0.15, 0.2) is 0 Å². The van der Waals surface area contributed by atoms with Gasteiger partial charge < -0.3 is 0 Å². The molecule has 0 spiro atoms. The van der Waals surface area contributed by atoms with Crippen molar-refractivity contribution in [1.29, 1.82) is 0 Å². The van der Waals surface area contributed by atoms with E-state index in [9.17, 15) is 0 Å². The lowest BCUT2D eigenvalue weighted by atomic mass is 10.3. The monoisotopic (exact) mass is 100 g/mol. The summed E-state index contributed by atoms with van der Waals surface area (Å²) in [5.41, 5.74) is 0. The molecule has 0 aliphatic heterocycles. The van der Waals surface area contributed by atoms with Crippen LogP contribution in [0.25, 0.3) is 0 Å². The van der Waals surface area contributed by atoms with Crippen LogP contribution >= 0.6 is 0 Å². The summed E-state index contributed by atoms with van der Waals surface area (Å²) in [7, 11) is 0. The maximum atomic E-state index is 3.77. The summed E-state index contributed by atoms with van der Waals surface area (Å²) < 4.78 is 0. The minimum atomic E-state index is 0.375. The SMILES string of the molecule is [CH2+]C(C)NC(C)C. The minimum Gasteiger partial charge on any atom is -0.275 e. The fraction of sp³-hybridized carbons (Fsp3) is 0.833. The summed E-state index contributed by atoms with van der Waals surface area (Å²) in [6.45, 7) is 10.0. The van der Waals surface area contributed by atoms with Gasteiger partial charge in [-0.25, -0.2) is 0 Å². The minimum absolute atomic E-state index is 0.375. The molecule has 1 N–H and O–H groups in total. The average molecular weight is 100 g/mol. The van der Waals surface area contributed by atoms with Crippen molar-refractivity contribution in [2.45, 2.75) is 32.9 Å². The van der Waals surface area contributed by atoms with Crippen molar-refractivity contribution < 1.29 is 0 Å². The Kier molecular flexibility index (Phi) is 2.84. The van der Waals surface area contributed by atoms with Crippen molar-refractivity contribution in [3.05, 3.63) is 6.92 Å². The van der Waals surface area contributed by atoms with E-state index in [0.717, 1.165) is 0 Å². The highest BCUT2D eigenvalue weighted by atomic mass is 14.9. The third-order valence-corrected chi connectivity index (χ3v) is 0.618. The molecule has 0 heterocycles. The summed E-state index contributed by atoms with van der Waals surface area (Å²) in [4.78, 5) is 0. The van der Waals surface area contributed by atoms with E-state index in [2.05, 4.69) is 26.1 Å². The predicted octanol–water partition coefficient (Wildman–Crippen LogP) is 1.21. The molecule has 0 aromatic carbocycles. The van der Waals surface area contributed by atoms with Crippen LogP contribution in [0.5, 0.6) is 0 Å². The van der Waals surface area contributed by atoms with Crippen LogP contribution in [-0.2, 0) is 0 Å². The van der Waals surface area contributed by atoms with Crippen molar-refractivity contribution in [3.8, 4) is 0 Å². The molecular formula is C6H14N+. The van der Waals surface area contributed by atoms with Gasteiger partial charge in [0.25, 0.3) is 0 Å². The first-order valence-corrected chi connectivity index (χ1v) is 2.72. The van der Waals surface area contributed by atoms with Crippen molar-refractivity contribution in [3.63, 3.8) is 0 Å². The van der Waals surface area contributed by atoms with Gasteiger partial charge in [0.2, 0.25) is 0 Å². The maximum absolute atomic E-state index is 3.77. The van der Waals surface area contributed by atoms with Gasteiger partial charge in [-0.1, -0.05) is 0 Å². The van der Waals surface area contributed by atoms with E-state index < -0.39 is 0 Å². The Labute approximate surface area is 46.1 Å². The van der Waals surface area contributed by atoms with Gasteiger partial charge in [-0.3, -0.25) is 5.32 Å². The molecule has 0 aromatic heterocycles. The largest absolute Gasteiger partial charge is 0.275 e. The molecule has 0 saturated heterocycles. The molecule has 1 unspecified atom stereocenters. The molecule has 0 fully saturated rings. The van der Waals surface area contributed by atoms with E-state index in [1.165, 1.54) is 0 Å². The lowest BCUT2D eigenvalue weighted by Gasteiger charge is -2.04. The molecular weight excluding hydrogens is 86.1 g/mol. The number of hydrogen-bond donors (Lipinski definition) is 1. The fourth-order valence-corrected chi connectivity index (χ4v) is 0.569. The quantitative estimate of drug-likeness (QED) is 0.514.